The molecule has 1 aliphatic heterocycles. The standard InChI is InChI=1S/C16H26N4O/c1-3-15-12-20(9-8-19(15)2)11-14-7-5-4-6-13(14)10-16(21)18-17/h4-7,15H,3,8-12,17H2,1-2H3,(H,18,21). The lowest BCUT2D eigenvalue weighted by atomic mass is 10.0. The lowest BCUT2D eigenvalue weighted by molar-refractivity contribution is -0.120. The van der Waals surface area contributed by atoms with Gasteiger partial charge in [-0.15, -0.1) is 0 Å². The fraction of sp³-hybridized carbons (Fsp3) is 0.562. The van der Waals surface area contributed by atoms with Crippen LogP contribution in [0.2, 0.25) is 0 Å². The Kier molecular flexibility index (Phi) is 5.73. The monoisotopic (exact) mass is 290 g/mol. The predicted octanol–water partition coefficient (Wildman–Crippen LogP) is 0.745. The molecule has 1 heterocycles. The van der Waals surface area contributed by atoms with E-state index in [9.17, 15) is 4.79 Å². The molecule has 1 fully saturated rings. The van der Waals surface area contributed by atoms with Crippen LogP contribution in [0.25, 0.3) is 0 Å². The van der Waals surface area contributed by atoms with E-state index < -0.39 is 0 Å². The minimum Gasteiger partial charge on any atom is -0.301 e. The zero-order valence-electron chi connectivity index (χ0n) is 13.0. The Balaban J connectivity index is 2.04. The Morgan fingerprint density at radius 2 is 2.05 bits per heavy atom. The molecule has 21 heavy (non-hydrogen) atoms. The van der Waals surface area contributed by atoms with Crippen LogP contribution >= 0.6 is 0 Å². The van der Waals surface area contributed by atoms with Gasteiger partial charge in [0.05, 0.1) is 6.42 Å². The highest BCUT2D eigenvalue weighted by molar-refractivity contribution is 5.78. The molecule has 1 unspecified atom stereocenters. The van der Waals surface area contributed by atoms with Crippen molar-refractivity contribution in [3.8, 4) is 0 Å². The van der Waals surface area contributed by atoms with Crippen molar-refractivity contribution < 1.29 is 4.79 Å². The number of piperazine rings is 1. The summed E-state index contributed by atoms with van der Waals surface area (Å²) >= 11 is 0. The predicted molar refractivity (Wildman–Crippen MR) is 84.5 cm³/mol. The second kappa shape index (κ2) is 7.54. The summed E-state index contributed by atoms with van der Waals surface area (Å²) in [4.78, 5) is 16.4. The van der Waals surface area contributed by atoms with Crippen LogP contribution in [-0.4, -0.2) is 48.4 Å². The fourth-order valence-corrected chi connectivity index (χ4v) is 2.94. The number of nitrogens with zero attached hydrogens (tertiary/aromatic N) is 2. The van der Waals surface area contributed by atoms with Gasteiger partial charge >= 0.3 is 0 Å². The van der Waals surface area contributed by atoms with E-state index in [0.717, 1.165) is 31.7 Å². The number of amides is 1. The number of hydrogen-bond acceptors (Lipinski definition) is 4. The van der Waals surface area contributed by atoms with Crippen molar-refractivity contribution in [2.45, 2.75) is 32.4 Å². The number of hydrogen-bond donors (Lipinski definition) is 2. The summed E-state index contributed by atoms with van der Waals surface area (Å²) in [5.41, 5.74) is 4.49. The highest BCUT2D eigenvalue weighted by atomic mass is 16.2. The van der Waals surface area contributed by atoms with Gasteiger partial charge < -0.3 is 4.90 Å². The molecule has 0 aromatic heterocycles. The zero-order valence-corrected chi connectivity index (χ0v) is 13.0. The summed E-state index contributed by atoms with van der Waals surface area (Å²) < 4.78 is 0. The van der Waals surface area contributed by atoms with E-state index in [1.54, 1.807) is 0 Å². The smallest absolute Gasteiger partial charge is 0.238 e. The van der Waals surface area contributed by atoms with Crippen molar-refractivity contribution >= 4 is 5.91 Å². The van der Waals surface area contributed by atoms with Crippen LogP contribution in [0.5, 0.6) is 0 Å². The topological polar surface area (TPSA) is 61.6 Å². The number of benzene rings is 1. The molecule has 0 spiro atoms. The van der Waals surface area contributed by atoms with Crippen LogP contribution in [0, 0.1) is 0 Å². The fourth-order valence-electron chi connectivity index (χ4n) is 2.94. The van der Waals surface area contributed by atoms with Crippen molar-refractivity contribution in [3.05, 3.63) is 35.4 Å². The molecule has 1 aromatic carbocycles. The molecular formula is C16H26N4O. The van der Waals surface area contributed by atoms with Crippen LogP contribution in [0.3, 0.4) is 0 Å². The van der Waals surface area contributed by atoms with Crippen LogP contribution in [0.15, 0.2) is 24.3 Å². The summed E-state index contributed by atoms with van der Waals surface area (Å²) in [5.74, 6) is 5.04. The highest BCUT2D eigenvalue weighted by Crippen LogP contribution is 2.17. The van der Waals surface area contributed by atoms with Gasteiger partial charge in [0.15, 0.2) is 0 Å². The van der Waals surface area contributed by atoms with Crippen LogP contribution < -0.4 is 11.3 Å². The quantitative estimate of drug-likeness (QED) is 0.477. The average molecular weight is 290 g/mol. The summed E-state index contributed by atoms with van der Waals surface area (Å²) in [6.45, 7) is 6.40. The van der Waals surface area contributed by atoms with Crippen molar-refractivity contribution in [2.75, 3.05) is 26.7 Å². The molecule has 5 nitrogen and oxygen atoms in total. The SMILES string of the molecule is CCC1CN(Cc2ccccc2CC(=O)NN)CCN1C. The number of carbonyl (C=O) groups excluding carboxylic acids is 1. The van der Waals surface area contributed by atoms with E-state index in [-0.39, 0.29) is 5.91 Å². The van der Waals surface area contributed by atoms with Gasteiger partial charge in [-0.1, -0.05) is 31.2 Å². The van der Waals surface area contributed by atoms with E-state index in [1.807, 2.05) is 18.2 Å². The molecule has 1 amide bonds. The molecular weight excluding hydrogens is 264 g/mol. The van der Waals surface area contributed by atoms with Gasteiger partial charge in [-0.2, -0.15) is 0 Å². The summed E-state index contributed by atoms with van der Waals surface area (Å²) in [5, 5.41) is 0. The van der Waals surface area contributed by atoms with Gasteiger partial charge in [-0.05, 0) is 24.6 Å². The third-order valence-electron chi connectivity index (χ3n) is 4.36. The van der Waals surface area contributed by atoms with Crippen LogP contribution in [-0.2, 0) is 17.8 Å². The second-order valence-electron chi connectivity index (χ2n) is 5.79. The van der Waals surface area contributed by atoms with Crippen molar-refractivity contribution in [1.29, 1.82) is 0 Å². The molecule has 2 rings (SSSR count). The Bertz CT molecular complexity index is 477. The maximum absolute atomic E-state index is 11.5. The van der Waals surface area contributed by atoms with E-state index in [4.69, 9.17) is 5.84 Å². The lowest BCUT2D eigenvalue weighted by Gasteiger charge is -2.39. The summed E-state index contributed by atoms with van der Waals surface area (Å²) in [7, 11) is 2.20. The first-order valence-corrected chi connectivity index (χ1v) is 7.62. The van der Waals surface area contributed by atoms with Crippen LogP contribution in [0.1, 0.15) is 24.5 Å². The average Bonchev–Trinajstić information content (AvgIpc) is 2.51. The number of carbonyl (C=O) groups is 1. The number of hydrazine groups is 1. The van der Waals surface area contributed by atoms with Crippen molar-refractivity contribution in [3.63, 3.8) is 0 Å². The van der Waals surface area contributed by atoms with Crippen LogP contribution in [0.4, 0.5) is 0 Å². The Morgan fingerprint density at radius 3 is 2.71 bits per heavy atom. The third kappa shape index (κ3) is 4.27. The van der Waals surface area contributed by atoms with E-state index >= 15 is 0 Å². The molecule has 5 heteroatoms. The van der Waals surface area contributed by atoms with Gasteiger partial charge in [0, 0.05) is 32.2 Å². The molecule has 0 bridgehead atoms. The highest BCUT2D eigenvalue weighted by Gasteiger charge is 2.23. The van der Waals surface area contributed by atoms with E-state index in [2.05, 4.69) is 35.3 Å². The molecule has 0 saturated carbocycles. The molecule has 116 valence electrons. The largest absolute Gasteiger partial charge is 0.301 e. The van der Waals surface area contributed by atoms with Gasteiger partial charge in [0.25, 0.3) is 0 Å². The molecule has 3 N–H and O–H groups in total. The maximum Gasteiger partial charge on any atom is 0.238 e. The summed E-state index contributed by atoms with van der Waals surface area (Å²) in [6, 6.07) is 8.75. The molecule has 0 radical (unpaired) electrons. The maximum atomic E-state index is 11.5. The second-order valence-corrected chi connectivity index (χ2v) is 5.79. The number of nitrogens with two attached hydrogens (primary N) is 1. The molecule has 1 aromatic rings. The Hall–Kier alpha value is -1.43. The zero-order chi connectivity index (χ0) is 15.2. The molecule has 0 aliphatic carbocycles. The molecule has 1 saturated heterocycles. The van der Waals surface area contributed by atoms with Crippen molar-refractivity contribution in [2.24, 2.45) is 5.84 Å². The Labute approximate surface area is 127 Å². The van der Waals surface area contributed by atoms with Gasteiger partial charge in [-0.3, -0.25) is 15.1 Å². The minimum atomic E-state index is -0.146. The number of likely N-dealkylation sites (N-methyl/N-ethyl adjacent to an activating group) is 1. The number of nitrogens with one attached hydrogen (secondary N) is 1. The molecule has 1 aliphatic rings. The first-order valence-electron chi connectivity index (χ1n) is 7.62. The number of rotatable bonds is 5. The lowest BCUT2D eigenvalue weighted by Crippen LogP contribution is -2.50. The first kappa shape index (κ1) is 15.9. The van der Waals surface area contributed by atoms with E-state index in [0.29, 0.717) is 12.5 Å². The Morgan fingerprint density at radius 1 is 1.33 bits per heavy atom. The van der Waals surface area contributed by atoms with E-state index in [1.165, 1.54) is 12.0 Å². The van der Waals surface area contributed by atoms with Gasteiger partial charge in [0.1, 0.15) is 0 Å². The summed E-state index contributed by atoms with van der Waals surface area (Å²) in [6.07, 6.45) is 1.52. The third-order valence-corrected chi connectivity index (χ3v) is 4.36. The minimum absolute atomic E-state index is 0.146. The normalized spacial score (nSPS) is 20.4. The molecule has 1 atom stereocenters. The van der Waals surface area contributed by atoms with Crippen molar-refractivity contribution in [1.82, 2.24) is 15.2 Å². The van der Waals surface area contributed by atoms with Gasteiger partial charge in [0.2, 0.25) is 5.91 Å². The van der Waals surface area contributed by atoms with Gasteiger partial charge in [-0.25, -0.2) is 5.84 Å². The first-order chi connectivity index (χ1) is 10.1.